The predicted molar refractivity (Wildman–Crippen MR) is 95.7 cm³/mol. The minimum atomic E-state index is -2.89. The number of carbonyl (C=O) groups is 1. The molecular formula is C15H19Cl2N3O3S. The summed E-state index contributed by atoms with van der Waals surface area (Å²) in [4.78, 5) is 16.2. The maximum Gasteiger partial charge on any atom is 0.321 e. The molecule has 2 fully saturated rings. The summed E-state index contributed by atoms with van der Waals surface area (Å²) in [5.41, 5.74) is 0.485. The van der Waals surface area contributed by atoms with Gasteiger partial charge in [-0.05, 0) is 24.6 Å². The van der Waals surface area contributed by atoms with Crippen molar-refractivity contribution in [3.05, 3.63) is 28.2 Å². The van der Waals surface area contributed by atoms with E-state index < -0.39 is 9.84 Å². The minimum Gasteiger partial charge on any atom is -0.322 e. The van der Waals surface area contributed by atoms with E-state index >= 15 is 0 Å². The Balaban J connectivity index is 1.55. The van der Waals surface area contributed by atoms with Crippen LogP contribution >= 0.6 is 23.2 Å². The molecule has 1 aromatic carbocycles. The van der Waals surface area contributed by atoms with Crippen molar-refractivity contribution in [2.75, 3.05) is 43.0 Å². The third-order valence-corrected chi connectivity index (χ3v) is 6.81. The molecule has 3 rings (SSSR count). The van der Waals surface area contributed by atoms with Crippen LogP contribution in [-0.2, 0) is 9.84 Å². The zero-order valence-electron chi connectivity index (χ0n) is 13.0. The van der Waals surface area contributed by atoms with Gasteiger partial charge in [-0.3, -0.25) is 4.90 Å². The van der Waals surface area contributed by atoms with Crippen molar-refractivity contribution in [1.29, 1.82) is 0 Å². The van der Waals surface area contributed by atoms with Gasteiger partial charge < -0.3 is 10.2 Å². The molecule has 9 heteroatoms. The monoisotopic (exact) mass is 391 g/mol. The molecule has 24 heavy (non-hydrogen) atoms. The molecule has 0 spiro atoms. The lowest BCUT2D eigenvalue weighted by Crippen LogP contribution is -2.53. The van der Waals surface area contributed by atoms with E-state index in [0.29, 0.717) is 48.3 Å². The molecule has 1 unspecified atom stereocenters. The molecule has 0 aliphatic carbocycles. The van der Waals surface area contributed by atoms with E-state index in [1.807, 2.05) is 0 Å². The number of nitrogens with one attached hydrogen (secondary N) is 1. The lowest BCUT2D eigenvalue weighted by Gasteiger charge is -2.37. The van der Waals surface area contributed by atoms with Crippen LogP contribution in [0.15, 0.2) is 18.2 Å². The Hall–Kier alpha value is -1.02. The standard InChI is InChI=1S/C15H19Cl2N3O3S/c16-11-1-2-13(17)14(9-11)18-15(21)20-6-4-19(5-7-20)12-3-8-24(22,23)10-12/h1-2,9,12H,3-8,10H2,(H,18,21). The van der Waals surface area contributed by atoms with Gasteiger partial charge in [0.25, 0.3) is 0 Å². The first-order valence-electron chi connectivity index (χ1n) is 7.79. The second-order valence-electron chi connectivity index (χ2n) is 6.13. The van der Waals surface area contributed by atoms with Crippen LogP contribution in [0.2, 0.25) is 10.0 Å². The van der Waals surface area contributed by atoms with Crippen LogP contribution in [0.1, 0.15) is 6.42 Å². The van der Waals surface area contributed by atoms with Gasteiger partial charge in [0.05, 0.1) is 22.2 Å². The Kier molecular flexibility index (Phi) is 5.24. The first-order chi connectivity index (χ1) is 11.3. The van der Waals surface area contributed by atoms with Gasteiger partial charge in [0, 0.05) is 37.2 Å². The minimum absolute atomic E-state index is 0.0857. The quantitative estimate of drug-likeness (QED) is 0.839. The second-order valence-corrected chi connectivity index (χ2v) is 9.21. The van der Waals surface area contributed by atoms with Gasteiger partial charge in [-0.15, -0.1) is 0 Å². The SMILES string of the molecule is O=C(Nc1cc(Cl)ccc1Cl)N1CCN(C2CCS(=O)(=O)C2)CC1. The molecule has 132 valence electrons. The summed E-state index contributed by atoms with van der Waals surface area (Å²) in [6.45, 7) is 2.47. The number of piperazine rings is 1. The van der Waals surface area contributed by atoms with Crippen molar-refractivity contribution >= 4 is 44.8 Å². The van der Waals surface area contributed by atoms with Crippen molar-refractivity contribution in [1.82, 2.24) is 9.80 Å². The van der Waals surface area contributed by atoms with E-state index in [1.54, 1.807) is 23.1 Å². The molecule has 0 bridgehead atoms. The lowest BCUT2D eigenvalue weighted by molar-refractivity contribution is 0.121. The summed E-state index contributed by atoms with van der Waals surface area (Å²) < 4.78 is 23.2. The van der Waals surface area contributed by atoms with Crippen LogP contribution in [-0.4, -0.2) is 68.0 Å². The summed E-state index contributed by atoms with van der Waals surface area (Å²) in [5, 5.41) is 3.71. The number of nitrogens with zero attached hydrogens (tertiary/aromatic N) is 2. The van der Waals surface area contributed by atoms with Crippen molar-refractivity contribution in [2.24, 2.45) is 0 Å². The molecule has 2 heterocycles. The van der Waals surface area contributed by atoms with Gasteiger partial charge in [0.15, 0.2) is 9.84 Å². The number of hydrogen-bond donors (Lipinski definition) is 1. The second kappa shape index (κ2) is 7.07. The van der Waals surface area contributed by atoms with Crippen LogP contribution in [0.5, 0.6) is 0 Å². The average molecular weight is 392 g/mol. The largest absolute Gasteiger partial charge is 0.322 e. The van der Waals surface area contributed by atoms with E-state index in [1.165, 1.54) is 0 Å². The Labute approximate surface area is 151 Å². The molecule has 2 saturated heterocycles. The summed E-state index contributed by atoms with van der Waals surface area (Å²) in [5.74, 6) is 0.503. The highest BCUT2D eigenvalue weighted by atomic mass is 35.5. The molecule has 0 radical (unpaired) electrons. The van der Waals surface area contributed by atoms with Gasteiger partial charge in [-0.25, -0.2) is 13.2 Å². The van der Waals surface area contributed by atoms with E-state index in [-0.39, 0.29) is 23.6 Å². The normalized spacial score (nSPS) is 24.1. The molecule has 1 N–H and O–H groups in total. The van der Waals surface area contributed by atoms with Crippen molar-refractivity contribution in [3.8, 4) is 0 Å². The number of hydrogen-bond acceptors (Lipinski definition) is 4. The van der Waals surface area contributed by atoms with Gasteiger partial charge in [0.2, 0.25) is 0 Å². The molecule has 2 aliphatic rings. The van der Waals surface area contributed by atoms with E-state index in [4.69, 9.17) is 23.2 Å². The summed E-state index contributed by atoms with van der Waals surface area (Å²) in [7, 11) is -2.89. The number of sulfone groups is 1. The fourth-order valence-electron chi connectivity index (χ4n) is 3.14. The molecule has 2 amide bonds. The first-order valence-corrected chi connectivity index (χ1v) is 10.4. The maximum atomic E-state index is 12.4. The number of halogens is 2. The Morgan fingerprint density at radius 1 is 1.17 bits per heavy atom. The van der Waals surface area contributed by atoms with Crippen LogP contribution in [0, 0.1) is 0 Å². The fraction of sp³-hybridized carbons (Fsp3) is 0.533. The van der Waals surface area contributed by atoms with Crippen LogP contribution in [0.4, 0.5) is 10.5 Å². The summed E-state index contributed by atoms with van der Waals surface area (Å²) >= 11 is 12.0. The molecule has 1 atom stereocenters. The van der Waals surface area contributed by atoms with Crippen molar-refractivity contribution in [2.45, 2.75) is 12.5 Å². The van der Waals surface area contributed by atoms with Gasteiger partial charge >= 0.3 is 6.03 Å². The molecule has 6 nitrogen and oxygen atoms in total. The zero-order chi connectivity index (χ0) is 17.3. The number of carbonyl (C=O) groups excluding carboxylic acids is 1. The molecule has 1 aromatic rings. The van der Waals surface area contributed by atoms with Gasteiger partial charge in [-0.1, -0.05) is 23.2 Å². The van der Waals surface area contributed by atoms with Crippen LogP contribution in [0.25, 0.3) is 0 Å². The Bertz CT molecular complexity index is 733. The van der Waals surface area contributed by atoms with Gasteiger partial charge in [-0.2, -0.15) is 0 Å². The Morgan fingerprint density at radius 2 is 1.88 bits per heavy atom. The maximum absolute atomic E-state index is 12.4. The number of benzene rings is 1. The van der Waals surface area contributed by atoms with Crippen molar-refractivity contribution in [3.63, 3.8) is 0 Å². The topological polar surface area (TPSA) is 69.7 Å². The van der Waals surface area contributed by atoms with E-state index in [0.717, 1.165) is 0 Å². The van der Waals surface area contributed by atoms with Crippen molar-refractivity contribution < 1.29 is 13.2 Å². The third-order valence-electron chi connectivity index (χ3n) is 4.50. The molecular weight excluding hydrogens is 373 g/mol. The third kappa shape index (κ3) is 4.14. The molecule has 2 aliphatic heterocycles. The number of rotatable bonds is 2. The Morgan fingerprint density at radius 3 is 2.50 bits per heavy atom. The molecule has 0 saturated carbocycles. The number of anilines is 1. The van der Waals surface area contributed by atoms with E-state index in [9.17, 15) is 13.2 Å². The first kappa shape index (κ1) is 17.8. The summed E-state index contributed by atoms with van der Waals surface area (Å²) in [6.07, 6.45) is 0.687. The van der Waals surface area contributed by atoms with Gasteiger partial charge in [0.1, 0.15) is 0 Å². The summed E-state index contributed by atoms with van der Waals surface area (Å²) in [6, 6.07) is 4.77. The average Bonchev–Trinajstić information content (AvgIpc) is 2.91. The molecule has 0 aromatic heterocycles. The highest BCUT2D eigenvalue weighted by Gasteiger charge is 2.34. The fourth-order valence-corrected chi connectivity index (χ4v) is 5.24. The highest BCUT2D eigenvalue weighted by molar-refractivity contribution is 7.91. The smallest absolute Gasteiger partial charge is 0.321 e. The highest BCUT2D eigenvalue weighted by Crippen LogP contribution is 2.26. The zero-order valence-corrected chi connectivity index (χ0v) is 15.4. The van der Waals surface area contributed by atoms with Crippen LogP contribution in [0.3, 0.4) is 0 Å². The van der Waals surface area contributed by atoms with E-state index in [2.05, 4.69) is 10.2 Å². The predicted octanol–water partition coefficient (Wildman–Crippen LogP) is 2.33. The van der Waals surface area contributed by atoms with Crippen LogP contribution < -0.4 is 5.32 Å². The lowest BCUT2D eigenvalue weighted by atomic mass is 10.2. The number of urea groups is 1. The number of amides is 2.